The summed E-state index contributed by atoms with van der Waals surface area (Å²) < 4.78 is 5.82. The maximum atomic E-state index is 11.8. The van der Waals surface area contributed by atoms with Crippen LogP contribution >= 0.6 is 34.2 Å². The molecule has 0 unspecified atom stereocenters. The maximum Gasteiger partial charge on any atom is 0.251 e. The second kappa shape index (κ2) is 7.89. The second-order valence-electron chi connectivity index (χ2n) is 3.58. The highest BCUT2D eigenvalue weighted by Gasteiger charge is 2.06. The van der Waals surface area contributed by atoms with Gasteiger partial charge in [0.1, 0.15) is 0 Å². The van der Waals surface area contributed by atoms with Gasteiger partial charge in [0.05, 0.1) is 5.02 Å². The molecule has 0 saturated heterocycles. The van der Waals surface area contributed by atoms with Gasteiger partial charge in [0, 0.05) is 29.4 Å². The van der Waals surface area contributed by atoms with Crippen molar-refractivity contribution < 1.29 is 9.53 Å². The van der Waals surface area contributed by atoms with E-state index in [4.69, 9.17) is 16.3 Å². The van der Waals surface area contributed by atoms with Gasteiger partial charge in [-0.15, -0.1) is 0 Å². The lowest BCUT2D eigenvalue weighted by molar-refractivity contribution is 0.0951. The summed E-state index contributed by atoms with van der Waals surface area (Å²) in [4.78, 5) is 11.8. The van der Waals surface area contributed by atoms with Gasteiger partial charge in [0.25, 0.3) is 5.91 Å². The molecule has 0 spiro atoms. The first kappa shape index (κ1) is 14.7. The minimum absolute atomic E-state index is 0.0583. The lowest BCUT2D eigenvalue weighted by Gasteiger charge is -2.06. The van der Waals surface area contributed by atoms with Crippen LogP contribution in [0.15, 0.2) is 18.2 Å². The number of hydrogen-bond acceptors (Lipinski definition) is 2. The van der Waals surface area contributed by atoms with Crippen LogP contribution in [0.4, 0.5) is 0 Å². The van der Waals surface area contributed by atoms with Crippen LogP contribution in [-0.4, -0.2) is 26.2 Å². The van der Waals surface area contributed by atoms with E-state index in [9.17, 15) is 4.79 Å². The Hall–Kier alpha value is -0.330. The monoisotopic (exact) mass is 367 g/mol. The Morgan fingerprint density at radius 3 is 2.88 bits per heavy atom. The molecule has 0 heterocycles. The van der Waals surface area contributed by atoms with Crippen molar-refractivity contribution in [2.45, 2.75) is 12.8 Å². The predicted molar refractivity (Wildman–Crippen MR) is 77.6 cm³/mol. The van der Waals surface area contributed by atoms with Gasteiger partial charge in [-0.05, 0) is 53.6 Å². The van der Waals surface area contributed by atoms with Crippen LogP contribution < -0.4 is 5.32 Å². The number of nitrogens with one attached hydrogen (secondary N) is 1. The molecule has 0 radical (unpaired) electrons. The Morgan fingerprint density at radius 1 is 1.47 bits per heavy atom. The third-order valence-electron chi connectivity index (χ3n) is 2.24. The zero-order valence-electron chi connectivity index (χ0n) is 9.63. The van der Waals surface area contributed by atoms with Gasteiger partial charge in [0.2, 0.25) is 0 Å². The van der Waals surface area contributed by atoms with E-state index in [0.29, 0.717) is 17.1 Å². The number of methoxy groups -OCH3 is 1. The molecule has 0 fully saturated rings. The standard InChI is InChI=1S/C12H15ClINO2/c1-17-7-3-2-6-15-12(16)9-4-5-10(13)11(14)8-9/h4-5,8H,2-3,6-7H2,1H3,(H,15,16). The molecule has 0 aromatic heterocycles. The van der Waals surface area contributed by atoms with Gasteiger partial charge >= 0.3 is 0 Å². The summed E-state index contributed by atoms with van der Waals surface area (Å²) in [5.74, 6) is -0.0583. The van der Waals surface area contributed by atoms with Gasteiger partial charge in [-0.3, -0.25) is 4.79 Å². The van der Waals surface area contributed by atoms with Crippen molar-refractivity contribution in [3.8, 4) is 0 Å². The molecule has 0 aliphatic carbocycles. The predicted octanol–water partition coefficient (Wildman–Crippen LogP) is 3.10. The summed E-state index contributed by atoms with van der Waals surface area (Å²) >= 11 is 8.00. The molecule has 1 aromatic carbocycles. The van der Waals surface area contributed by atoms with Crippen LogP contribution in [-0.2, 0) is 4.74 Å². The van der Waals surface area contributed by atoms with E-state index in [0.717, 1.165) is 23.0 Å². The minimum Gasteiger partial charge on any atom is -0.385 e. The van der Waals surface area contributed by atoms with Crippen molar-refractivity contribution in [1.82, 2.24) is 5.32 Å². The number of amides is 1. The largest absolute Gasteiger partial charge is 0.385 e. The smallest absolute Gasteiger partial charge is 0.251 e. The first-order valence-electron chi connectivity index (χ1n) is 5.37. The number of ether oxygens (including phenoxy) is 1. The number of unbranched alkanes of at least 4 members (excludes halogenated alkanes) is 1. The van der Waals surface area contributed by atoms with Crippen molar-refractivity contribution in [1.29, 1.82) is 0 Å². The molecule has 0 atom stereocenters. The highest BCUT2D eigenvalue weighted by atomic mass is 127. The van der Waals surface area contributed by atoms with E-state index >= 15 is 0 Å². The van der Waals surface area contributed by atoms with E-state index in [1.54, 1.807) is 25.3 Å². The minimum atomic E-state index is -0.0583. The summed E-state index contributed by atoms with van der Waals surface area (Å²) in [6.07, 6.45) is 1.87. The molecule has 0 aliphatic heterocycles. The van der Waals surface area contributed by atoms with E-state index in [1.165, 1.54) is 0 Å². The third kappa shape index (κ3) is 5.23. The van der Waals surface area contributed by atoms with E-state index in [1.807, 2.05) is 0 Å². The average Bonchev–Trinajstić information content (AvgIpc) is 2.32. The summed E-state index contributed by atoms with van der Waals surface area (Å²) in [6, 6.07) is 5.26. The number of hydrogen-bond donors (Lipinski definition) is 1. The van der Waals surface area contributed by atoms with Crippen LogP contribution in [0.1, 0.15) is 23.2 Å². The van der Waals surface area contributed by atoms with Gasteiger partial charge in [-0.2, -0.15) is 0 Å². The molecule has 1 aromatic rings. The van der Waals surface area contributed by atoms with Crippen LogP contribution in [0.3, 0.4) is 0 Å². The Labute approximate surface area is 120 Å². The Morgan fingerprint density at radius 2 is 2.24 bits per heavy atom. The Bertz CT molecular complexity index is 385. The number of carbonyl (C=O) groups excluding carboxylic acids is 1. The molecule has 5 heteroatoms. The van der Waals surface area contributed by atoms with Crippen molar-refractivity contribution in [2.24, 2.45) is 0 Å². The molecular formula is C12H15ClINO2. The van der Waals surface area contributed by atoms with Crippen LogP contribution in [0, 0.1) is 3.57 Å². The van der Waals surface area contributed by atoms with Crippen molar-refractivity contribution in [3.05, 3.63) is 32.4 Å². The zero-order valence-corrected chi connectivity index (χ0v) is 12.5. The number of carbonyl (C=O) groups is 1. The normalized spacial score (nSPS) is 10.3. The fraction of sp³-hybridized carbons (Fsp3) is 0.417. The van der Waals surface area contributed by atoms with Gasteiger partial charge in [0.15, 0.2) is 0 Å². The van der Waals surface area contributed by atoms with E-state index in [2.05, 4.69) is 27.9 Å². The fourth-order valence-corrected chi connectivity index (χ4v) is 1.95. The lowest BCUT2D eigenvalue weighted by Crippen LogP contribution is -2.24. The molecule has 0 aliphatic rings. The Kier molecular flexibility index (Phi) is 6.84. The van der Waals surface area contributed by atoms with Gasteiger partial charge < -0.3 is 10.1 Å². The quantitative estimate of drug-likeness (QED) is 0.620. The zero-order chi connectivity index (χ0) is 12.7. The molecule has 0 saturated carbocycles. The third-order valence-corrected chi connectivity index (χ3v) is 3.78. The highest BCUT2D eigenvalue weighted by Crippen LogP contribution is 2.19. The highest BCUT2D eigenvalue weighted by molar-refractivity contribution is 14.1. The molecule has 94 valence electrons. The van der Waals surface area contributed by atoms with Crippen molar-refractivity contribution in [2.75, 3.05) is 20.3 Å². The Balaban J connectivity index is 2.39. The van der Waals surface area contributed by atoms with E-state index in [-0.39, 0.29) is 5.91 Å². The summed E-state index contributed by atoms with van der Waals surface area (Å²) in [5.41, 5.74) is 0.644. The molecular weight excluding hydrogens is 352 g/mol. The lowest BCUT2D eigenvalue weighted by atomic mass is 10.2. The summed E-state index contributed by atoms with van der Waals surface area (Å²) in [6.45, 7) is 1.40. The molecule has 1 amide bonds. The fourth-order valence-electron chi connectivity index (χ4n) is 1.31. The molecule has 3 nitrogen and oxygen atoms in total. The van der Waals surface area contributed by atoms with Crippen LogP contribution in [0.2, 0.25) is 5.02 Å². The topological polar surface area (TPSA) is 38.3 Å². The SMILES string of the molecule is COCCCCNC(=O)c1ccc(Cl)c(I)c1. The molecule has 1 rings (SSSR count). The summed E-state index contributed by atoms with van der Waals surface area (Å²) in [7, 11) is 1.67. The molecule has 0 bridgehead atoms. The molecule has 1 N–H and O–H groups in total. The maximum absolute atomic E-state index is 11.8. The van der Waals surface area contributed by atoms with Gasteiger partial charge in [-0.25, -0.2) is 0 Å². The number of benzene rings is 1. The number of rotatable bonds is 6. The first-order chi connectivity index (χ1) is 8.15. The molecule has 17 heavy (non-hydrogen) atoms. The van der Waals surface area contributed by atoms with Gasteiger partial charge in [-0.1, -0.05) is 11.6 Å². The van der Waals surface area contributed by atoms with Crippen molar-refractivity contribution >= 4 is 40.1 Å². The second-order valence-corrected chi connectivity index (χ2v) is 5.15. The van der Waals surface area contributed by atoms with E-state index < -0.39 is 0 Å². The average molecular weight is 368 g/mol. The van der Waals surface area contributed by atoms with Crippen LogP contribution in [0.5, 0.6) is 0 Å². The summed E-state index contributed by atoms with van der Waals surface area (Å²) in [5, 5.41) is 3.53. The van der Waals surface area contributed by atoms with Crippen molar-refractivity contribution in [3.63, 3.8) is 0 Å². The first-order valence-corrected chi connectivity index (χ1v) is 6.83. The van der Waals surface area contributed by atoms with Crippen LogP contribution in [0.25, 0.3) is 0 Å². The number of halogens is 2.